The van der Waals surface area contributed by atoms with Crippen molar-refractivity contribution in [2.45, 2.75) is 12.1 Å². The Labute approximate surface area is 200 Å². The van der Waals surface area contributed by atoms with E-state index in [1.807, 2.05) is 31.2 Å². The third-order valence-electron chi connectivity index (χ3n) is 4.38. The number of carbonyl (C=O) groups excluding carboxylic acids is 1. The molecular weight excluding hydrogens is 518 g/mol. The van der Waals surface area contributed by atoms with Crippen molar-refractivity contribution in [2.24, 2.45) is 0 Å². The fraction of sp³-hybridized carbons (Fsp3) is 0.136. The number of anilines is 1. The highest BCUT2D eigenvalue weighted by Gasteiger charge is 2.20. The molecule has 2 heterocycles. The van der Waals surface area contributed by atoms with Crippen LogP contribution in [0.5, 0.6) is 5.75 Å². The van der Waals surface area contributed by atoms with Gasteiger partial charge in [0.25, 0.3) is 0 Å². The highest BCUT2D eigenvalue weighted by Crippen LogP contribution is 2.30. The molecule has 4 aromatic rings. The second kappa shape index (κ2) is 10.2. The van der Waals surface area contributed by atoms with Crippen LogP contribution >= 0.6 is 27.7 Å². The van der Waals surface area contributed by atoms with Crippen LogP contribution in [-0.4, -0.2) is 33.0 Å². The van der Waals surface area contributed by atoms with Crippen molar-refractivity contribution in [3.8, 4) is 23.0 Å². The largest absolute Gasteiger partial charge is 0.494 e. The first-order valence-corrected chi connectivity index (χ1v) is 11.5. The van der Waals surface area contributed by atoms with Crippen molar-refractivity contribution in [3.05, 3.63) is 70.9 Å². The summed E-state index contributed by atoms with van der Waals surface area (Å²) in [5.74, 6) is -0.527. The van der Waals surface area contributed by atoms with Crippen LogP contribution in [0.15, 0.2) is 68.8 Å². The minimum Gasteiger partial charge on any atom is -0.494 e. The summed E-state index contributed by atoms with van der Waals surface area (Å²) in [6.45, 7) is 2.45. The Bertz CT molecular complexity index is 1240. The zero-order chi connectivity index (χ0) is 23.4. The van der Waals surface area contributed by atoms with Crippen molar-refractivity contribution in [3.63, 3.8) is 0 Å². The predicted octanol–water partition coefficient (Wildman–Crippen LogP) is 5.70. The smallest absolute Gasteiger partial charge is 0.234 e. The lowest BCUT2D eigenvalue weighted by Crippen LogP contribution is -2.16. The molecule has 4 rings (SSSR count). The maximum absolute atomic E-state index is 14.0. The van der Waals surface area contributed by atoms with Crippen LogP contribution in [0.4, 0.5) is 14.5 Å². The van der Waals surface area contributed by atoms with Crippen molar-refractivity contribution in [1.29, 1.82) is 0 Å². The van der Waals surface area contributed by atoms with E-state index >= 15 is 0 Å². The fourth-order valence-electron chi connectivity index (χ4n) is 2.99. The molecule has 0 bridgehead atoms. The zero-order valence-electron chi connectivity index (χ0n) is 17.2. The number of furan rings is 1. The quantitative estimate of drug-likeness (QED) is 0.292. The number of amides is 1. The third kappa shape index (κ3) is 5.25. The van der Waals surface area contributed by atoms with E-state index in [1.165, 1.54) is 6.26 Å². The molecule has 0 saturated carbocycles. The molecule has 0 saturated heterocycles. The number of benzene rings is 2. The molecule has 1 N–H and O–H groups in total. The van der Waals surface area contributed by atoms with E-state index in [2.05, 4.69) is 31.4 Å². The molecule has 2 aromatic carbocycles. The van der Waals surface area contributed by atoms with Gasteiger partial charge in [-0.3, -0.25) is 9.36 Å². The summed E-state index contributed by atoms with van der Waals surface area (Å²) in [6.07, 6.45) is 1.53. The lowest BCUT2D eigenvalue weighted by atomic mass is 10.3. The highest BCUT2D eigenvalue weighted by atomic mass is 79.9. The molecule has 0 aliphatic carbocycles. The molecule has 11 heteroatoms. The summed E-state index contributed by atoms with van der Waals surface area (Å²) >= 11 is 4.17. The topological polar surface area (TPSA) is 82.2 Å². The SMILES string of the molecule is CCOc1ccc(-n2c(SCC(=O)Nc3c(F)cc(F)cc3Br)nnc2-c2ccco2)cc1. The number of halogens is 3. The molecule has 0 spiro atoms. The van der Waals surface area contributed by atoms with Gasteiger partial charge in [-0.05, 0) is 65.3 Å². The zero-order valence-corrected chi connectivity index (χ0v) is 19.6. The van der Waals surface area contributed by atoms with Gasteiger partial charge in [0.2, 0.25) is 11.7 Å². The van der Waals surface area contributed by atoms with Gasteiger partial charge in [0, 0.05) is 10.5 Å². The summed E-state index contributed by atoms with van der Waals surface area (Å²) in [4.78, 5) is 12.5. The van der Waals surface area contributed by atoms with E-state index in [0.717, 1.165) is 23.5 Å². The fourth-order valence-corrected chi connectivity index (χ4v) is 4.25. The minimum absolute atomic E-state index is 0.0867. The van der Waals surface area contributed by atoms with Gasteiger partial charge in [-0.2, -0.15) is 0 Å². The Morgan fingerprint density at radius 1 is 1.21 bits per heavy atom. The Morgan fingerprint density at radius 2 is 2.00 bits per heavy atom. The number of thioether (sulfide) groups is 1. The number of nitrogens with one attached hydrogen (secondary N) is 1. The molecule has 0 atom stereocenters. The average Bonchev–Trinajstić information content (AvgIpc) is 3.45. The van der Waals surface area contributed by atoms with Gasteiger partial charge in [0.15, 0.2) is 16.7 Å². The first kappa shape index (κ1) is 23.0. The number of rotatable bonds is 8. The summed E-state index contributed by atoms with van der Waals surface area (Å²) < 4.78 is 40.2. The summed E-state index contributed by atoms with van der Waals surface area (Å²) in [7, 11) is 0. The normalized spacial score (nSPS) is 10.9. The number of hydrogen-bond acceptors (Lipinski definition) is 6. The Morgan fingerprint density at radius 3 is 2.67 bits per heavy atom. The molecule has 7 nitrogen and oxygen atoms in total. The second-order valence-electron chi connectivity index (χ2n) is 6.63. The van der Waals surface area contributed by atoms with Crippen LogP contribution in [0.2, 0.25) is 0 Å². The van der Waals surface area contributed by atoms with Gasteiger partial charge < -0.3 is 14.5 Å². The second-order valence-corrected chi connectivity index (χ2v) is 8.42. The van der Waals surface area contributed by atoms with E-state index in [0.29, 0.717) is 35.2 Å². The van der Waals surface area contributed by atoms with Crippen molar-refractivity contribution < 1.29 is 22.7 Å². The lowest BCUT2D eigenvalue weighted by Gasteiger charge is -2.11. The van der Waals surface area contributed by atoms with E-state index in [-0.39, 0.29) is 15.9 Å². The summed E-state index contributed by atoms with van der Waals surface area (Å²) in [5.41, 5.74) is 0.608. The van der Waals surface area contributed by atoms with Gasteiger partial charge in [-0.15, -0.1) is 10.2 Å². The number of carbonyl (C=O) groups is 1. The number of aromatic nitrogens is 3. The molecule has 0 aliphatic heterocycles. The molecular formula is C22H17BrF2N4O3S. The lowest BCUT2D eigenvalue weighted by molar-refractivity contribution is -0.113. The number of ether oxygens (including phenoxy) is 1. The maximum Gasteiger partial charge on any atom is 0.234 e. The van der Waals surface area contributed by atoms with Gasteiger partial charge in [-0.1, -0.05) is 11.8 Å². The van der Waals surface area contributed by atoms with Crippen LogP contribution < -0.4 is 10.1 Å². The van der Waals surface area contributed by atoms with Crippen LogP contribution in [0.1, 0.15) is 6.92 Å². The molecule has 0 aliphatic rings. The van der Waals surface area contributed by atoms with Gasteiger partial charge >= 0.3 is 0 Å². The number of hydrogen-bond donors (Lipinski definition) is 1. The van der Waals surface area contributed by atoms with Crippen LogP contribution in [-0.2, 0) is 4.79 Å². The number of nitrogens with zero attached hydrogens (tertiary/aromatic N) is 3. The van der Waals surface area contributed by atoms with E-state index in [9.17, 15) is 13.6 Å². The summed E-state index contributed by atoms with van der Waals surface area (Å²) in [5, 5.41) is 11.3. The average molecular weight is 535 g/mol. The standard InChI is InChI=1S/C22H17BrF2N4O3S/c1-2-31-15-7-5-14(6-8-15)29-21(18-4-3-9-32-18)27-28-22(29)33-12-19(30)26-20-16(23)10-13(24)11-17(20)25/h3-11H,2,12H2,1H3,(H,26,30). The monoisotopic (exact) mass is 534 g/mol. The Hall–Kier alpha value is -3.18. The van der Waals surface area contributed by atoms with E-state index < -0.39 is 17.5 Å². The van der Waals surface area contributed by atoms with Gasteiger partial charge in [0.1, 0.15) is 11.6 Å². The van der Waals surface area contributed by atoms with Crippen LogP contribution in [0.3, 0.4) is 0 Å². The van der Waals surface area contributed by atoms with Crippen LogP contribution in [0, 0.1) is 11.6 Å². The molecule has 2 aromatic heterocycles. The van der Waals surface area contributed by atoms with Gasteiger partial charge in [0.05, 0.1) is 30.0 Å². The highest BCUT2D eigenvalue weighted by molar-refractivity contribution is 9.10. The molecule has 0 unspecified atom stereocenters. The first-order valence-electron chi connectivity index (χ1n) is 9.76. The van der Waals surface area contributed by atoms with Crippen molar-refractivity contribution in [1.82, 2.24) is 14.8 Å². The van der Waals surface area contributed by atoms with E-state index in [1.54, 1.807) is 16.7 Å². The van der Waals surface area contributed by atoms with E-state index in [4.69, 9.17) is 9.15 Å². The molecule has 0 radical (unpaired) electrons. The molecule has 1 amide bonds. The van der Waals surface area contributed by atoms with Crippen LogP contribution in [0.25, 0.3) is 17.3 Å². The van der Waals surface area contributed by atoms with Crippen molar-refractivity contribution in [2.75, 3.05) is 17.7 Å². The summed E-state index contributed by atoms with van der Waals surface area (Å²) in [6, 6.07) is 12.6. The third-order valence-corrected chi connectivity index (χ3v) is 5.94. The maximum atomic E-state index is 14.0. The molecule has 0 fully saturated rings. The Balaban J connectivity index is 1.57. The predicted molar refractivity (Wildman–Crippen MR) is 124 cm³/mol. The van der Waals surface area contributed by atoms with Gasteiger partial charge in [-0.25, -0.2) is 8.78 Å². The molecule has 170 valence electrons. The first-order chi connectivity index (χ1) is 16.0. The van der Waals surface area contributed by atoms with Crippen molar-refractivity contribution >= 4 is 39.3 Å². The molecule has 33 heavy (non-hydrogen) atoms. The Kier molecular flexibility index (Phi) is 7.09. The minimum atomic E-state index is -0.877.